The van der Waals surface area contributed by atoms with E-state index < -0.39 is 39.6 Å². The van der Waals surface area contributed by atoms with Crippen LogP contribution in [0.4, 0.5) is 0 Å². The van der Waals surface area contributed by atoms with Gasteiger partial charge in [0.15, 0.2) is 5.25 Å². The fourth-order valence-electron chi connectivity index (χ4n) is 2.78. The van der Waals surface area contributed by atoms with Crippen molar-refractivity contribution in [3.05, 3.63) is 12.2 Å². The predicted octanol–water partition coefficient (Wildman–Crippen LogP) is -0.655. The first-order valence-corrected chi connectivity index (χ1v) is 10.2. The van der Waals surface area contributed by atoms with Crippen LogP contribution in [0.15, 0.2) is 12.2 Å². The summed E-state index contributed by atoms with van der Waals surface area (Å²) in [5.41, 5.74) is 0. The van der Waals surface area contributed by atoms with E-state index in [1.165, 1.54) is 12.2 Å². The van der Waals surface area contributed by atoms with E-state index in [0.717, 1.165) is 17.7 Å². The van der Waals surface area contributed by atoms with E-state index in [0.29, 0.717) is 25.8 Å². The number of hydroxylamine groups is 2. The molecule has 4 amide bonds. The molecule has 0 aromatic rings. The Hall–Kier alpha value is -1.60. The zero-order chi connectivity index (χ0) is 20.9. The molecule has 1 radical (unpaired) electrons. The van der Waals surface area contributed by atoms with Crippen molar-refractivity contribution in [1.29, 1.82) is 0 Å². The molecule has 0 aromatic carbocycles. The van der Waals surface area contributed by atoms with Gasteiger partial charge >= 0.3 is 5.97 Å². The number of hydrogen-bond donors (Lipinski definition) is 1. The summed E-state index contributed by atoms with van der Waals surface area (Å²) in [6.07, 6.45) is 4.77. The van der Waals surface area contributed by atoms with Gasteiger partial charge in [0, 0.05) is 54.7 Å². The molecule has 155 valence electrons. The van der Waals surface area contributed by atoms with Crippen molar-refractivity contribution in [3.63, 3.8) is 0 Å². The maximum absolute atomic E-state index is 11.7. The Balaban J connectivity index is 0.00000420. The minimum Gasteiger partial charge on any atom is -0.330 e. The Labute approximate surface area is 189 Å². The molecule has 0 saturated carbocycles. The normalized spacial score (nSPS) is 19.1. The number of imide groups is 2. The smallest absolute Gasteiger partial charge is 0.330 e. The fraction of sp³-hybridized carbons (Fsp3) is 0.562. The van der Waals surface area contributed by atoms with Crippen LogP contribution in [-0.2, 0) is 38.9 Å². The topological polar surface area (TPSA) is 155 Å². The molecule has 1 atom stereocenters. The van der Waals surface area contributed by atoms with E-state index in [2.05, 4.69) is 4.84 Å². The number of rotatable bonds is 10. The molecule has 2 aliphatic rings. The third kappa shape index (κ3) is 7.00. The summed E-state index contributed by atoms with van der Waals surface area (Å²) in [6, 6.07) is 0. The number of hydrogen-bond acceptors (Lipinski definition) is 8. The molecule has 13 heteroatoms. The summed E-state index contributed by atoms with van der Waals surface area (Å²) in [7, 11) is -4.75. The molecule has 11 nitrogen and oxygen atoms in total. The van der Waals surface area contributed by atoms with Crippen LogP contribution < -0.4 is 0 Å². The van der Waals surface area contributed by atoms with Crippen LogP contribution in [0, 0.1) is 0 Å². The Bertz CT molecular complexity index is 806. The molecule has 0 aliphatic carbocycles. The van der Waals surface area contributed by atoms with Crippen molar-refractivity contribution >= 4 is 69.3 Å². The second kappa shape index (κ2) is 11.0. The Kier molecular flexibility index (Phi) is 9.62. The molecule has 0 aromatic heterocycles. The van der Waals surface area contributed by atoms with Gasteiger partial charge in [-0.15, -0.1) is 5.06 Å². The zero-order valence-electron chi connectivity index (χ0n) is 15.9. The van der Waals surface area contributed by atoms with E-state index in [1.807, 2.05) is 0 Å². The number of nitrogens with zero attached hydrogens (tertiary/aromatic N) is 2. The summed E-state index contributed by atoms with van der Waals surface area (Å²) in [4.78, 5) is 63.5. The van der Waals surface area contributed by atoms with Gasteiger partial charge in [-0.25, -0.2) is 4.79 Å². The Morgan fingerprint density at radius 3 is 2.14 bits per heavy atom. The quantitative estimate of drug-likeness (QED) is 0.202. The van der Waals surface area contributed by atoms with Crippen LogP contribution in [0.2, 0.25) is 0 Å². The van der Waals surface area contributed by atoms with Crippen molar-refractivity contribution in [1.82, 2.24) is 9.96 Å². The van der Waals surface area contributed by atoms with Crippen molar-refractivity contribution in [2.24, 2.45) is 0 Å². The first kappa shape index (κ1) is 25.4. The van der Waals surface area contributed by atoms with Gasteiger partial charge in [-0.1, -0.05) is 19.3 Å². The minimum atomic E-state index is -4.75. The van der Waals surface area contributed by atoms with E-state index in [4.69, 9.17) is 4.55 Å². The molecule has 0 bridgehead atoms. The van der Waals surface area contributed by atoms with E-state index in [1.54, 1.807) is 0 Å². The molecule has 0 spiro atoms. The van der Waals surface area contributed by atoms with Crippen molar-refractivity contribution in [2.45, 2.75) is 50.2 Å². The number of carbonyl (C=O) groups is 5. The van der Waals surface area contributed by atoms with Crippen LogP contribution in [0.5, 0.6) is 0 Å². The van der Waals surface area contributed by atoms with Crippen LogP contribution in [0.1, 0.15) is 44.9 Å². The largest absolute Gasteiger partial charge is 0.333 e. The molecule has 1 fully saturated rings. The Morgan fingerprint density at radius 2 is 1.59 bits per heavy atom. The molecule has 1 N–H and O–H groups in total. The maximum Gasteiger partial charge on any atom is 0.333 e. The van der Waals surface area contributed by atoms with Crippen LogP contribution >= 0.6 is 0 Å². The second-order valence-electron chi connectivity index (χ2n) is 6.38. The van der Waals surface area contributed by atoms with Gasteiger partial charge in [0.25, 0.3) is 33.7 Å². The molecular weight excluding hydrogens is 419 g/mol. The van der Waals surface area contributed by atoms with Gasteiger partial charge in [0.1, 0.15) is 0 Å². The predicted molar refractivity (Wildman–Crippen MR) is 97.2 cm³/mol. The van der Waals surface area contributed by atoms with Crippen LogP contribution in [0.3, 0.4) is 0 Å². The van der Waals surface area contributed by atoms with E-state index in [9.17, 15) is 32.4 Å². The standard InChI is InChI=1S/C16H20N2O9S.Na/c19-12-7-8-13(20)17(12)9-5-3-1-2-4-6-15(22)27-18-14(21)10-11(16(18)23)28(24,25)26;/h7-8,11H,1-6,9-10H2,(H,24,25,26);. The van der Waals surface area contributed by atoms with Crippen LogP contribution in [0.25, 0.3) is 0 Å². The van der Waals surface area contributed by atoms with Gasteiger partial charge < -0.3 is 4.84 Å². The fourth-order valence-corrected chi connectivity index (χ4v) is 3.48. The summed E-state index contributed by atoms with van der Waals surface area (Å²) >= 11 is 0. The van der Waals surface area contributed by atoms with Crippen molar-refractivity contribution in [3.8, 4) is 0 Å². The van der Waals surface area contributed by atoms with E-state index in [-0.39, 0.29) is 52.9 Å². The van der Waals surface area contributed by atoms with Gasteiger partial charge in [0.05, 0.1) is 6.42 Å². The van der Waals surface area contributed by atoms with Gasteiger partial charge in [-0.2, -0.15) is 8.42 Å². The Morgan fingerprint density at radius 1 is 1.03 bits per heavy atom. The molecule has 2 aliphatic heterocycles. The SMILES string of the molecule is O=C(CCCCCCCN1C(=O)C=CC1=O)ON1C(=O)CC(S(=O)(=O)O)C1=O.[Na]. The number of carbonyl (C=O) groups excluding carboxylic acids is 5. The third-order valence-electron chi connectivity index (χ3n) is 4.28. The molecular formula is C16H20N2NaO9S. The average Bonchev–Trinajstić information content (AvgIpc) is 3.07. The number of amides is 4. The second-order valence-corrected chi connectivity index (χ2v) is 7.98. The third-order valence-corrected chi connectivity index (χ3v) is 5.37. The molecule has 2 heterocycles. The summed E-state index contributed by atoms with van der Waals surface area (Å²) in [6.45, 7) is 0.334. The number of unbranched alkanes of at least 4 members (excludes halogenated alkanes) is 4. The molecule has 1 unspecified atom stereocenters. The molecule has 1 saturated heterocycles. The van der Waals surface area contributed by atoms with Gasteiger partial charge in [-0.05, 0) is 12.8 Å². The monoisotopic (exact) mass is 439 g/mol. The summed E-state index contributed by atoms with van der Waals surface area (Å²) < 4.78 is 30.9. The molecule has 2 rings (SSSR count). The zero-order valence-corrected chi connectivity index (χ0v) is 18.7. The van der Waals surface area contributed by atoms with E-state index >= 15 is 0 Å². The van der Waals surface area contributed by atoms with Crippen LogP contribution in [-0.4, -0.2) is 93.9 Å². The van der Waals surface area contributed by atoms with Gasteiger partial charge in [0.2, 0.25) is 0 Å². The molecule has 29 heavy (non-hydrogen) atoms. The summed E-state index contributed by atoms with van der Waals surface area (Å²) in [5.74, 6) is -3.81. The van der Waals surface area contributed by atoms with Crippen molar-refractivity contribution < 1.29 is 41.8 Å². The van der Waals surface area contributed by atoms with Gasteiger partial charge in [-0.3, -0.25) is 28.6 Å². The average molecular weight is 439 g/mol. The maximum atomic E-state index is 11.7. The first-order valence-electron chi connectivity index (χ1n) is 8.68. The first-order chi connectivity index (χ1) is 13.1. The minimum absolute atomic E-state index is 0. The van der Waals surface area contributed by atoms with Crippen molar-refractivity contribution in [2.75, 3.05) is 6.54 Å². The summed E-state index contributed by atoms with van der Waals surface area (Å²) in [5, 5.41) is -1.86.